The number of rotatable bonds is 9. The quantitative estimate of drug-likeness (QED) is 0.0741. The van der Waals surface area contributed by atoms with Crippen LogP contribution in [0.3, 0.4) is 0 Å². The van der Waals surface area contributed by atoms with Crippen molar-refractivity contribution in [2.24, 2.45) is 0 Å². The van der Waals surface area contributed by atoms with Gasteiger partial charge in [0, 0.05) is 18.2 Å². The number of fused-ring (bicyclic) bond motifs is 1. The molecular weight excluding hydrogens is 704 g/mol. The van der Waals surface area contributed by atoms with E-state index in [4.69, 9.17) is 32.8 Å². The highest BCUT2D eigenvalue weighted by Crippen LogP contribution is 2.43. The lowest BCUT2D eigenvalue weighted by atomic mass is 9.98. The Bertz CT molecular complexity index is 1710. The molecule has 3 aromatic rings. The lowest BCUT2D eigenvalue weighted by Crippen LogP contribution is -2.63. The van der Waals surface area contributed by atoms with Crippen LogP contribution in [0.5, 0.6) is 28.7 Å². The highest BCUT2D eigenvalue weighted by atomic mass is 16.8. The van der Waals surface area contributed by atoms with E-state index in [-0.39, 0.29) is 33.8 Å². The fraction of sp³-hybridized carbons (Fsp3) is 0.531. The Morgan fingerprint density at radius 1 is 0.635 bits per heavy atom. The molecule has 0 radical (unpaired) electrons. The van der Waals surface area contributed by atoms with Gasteiger partial charge < -0.3 is 94.8 Å². The highest BCUT2D eigenvalue weighted by molar-refractivity contribution is 5.89. The first kappa shape index (κ1) is 38.0. The molecule has 1 aromatic heterocycles. The van der Waals surface area contributed by atoms with Crippen LogP contribution in [0, 0.1) is 0 Å². The molecule has 0 spiro atoms. The van der Waals surface area contributed by atoms with Crippen molar-refractivity contribution < 1.29 is 99.2 Å². The third-order valence-corrected chi connectivity index (χ3v) is 8.94. The summed E-state index contributed by atoms with van der Waals surface area (Å²) in [6.07, 6.45) is -23.8. The number of hydrogen-bond acceptors (Lipinski definition) is 19. The van der Waals surface area contributed by atoms with E-state index in [2.05, 4.69) is 0 Å². The molecule has 13 N–H and O–H groups in total. The summed E-state index contributed by atoms with van der Waals surface area (Å²) in [5.41, 5.74) is -0.0653. The molecule has 0 bridgehead atoms. The molecule has 0 saturated carbocycles. The van der Waals surface area contributed by atoms with Gasteiger partial charge in [0.2, 0.25) is 18.3 Å². The molecule has 4 heterocycles. The summed E-state index contributed by atoms with van der Waals surface area (Å²) in [4.78, 5) is 0. The van der Waals surface area contributed by atoms with Gasteiger partial charge in [0.25, 0.3) is 0 Å². The predicted octanol–water partition coefficient (Wildman–Crippen LogP) is -3.68. The first-order valence-electron chi connectivity index (χ1n) is 16.0. The van der Waals surface area contributed by atoms with Crippen LogP contribution in [-0.4, -0.2) is 172 Å². The number of hydrogen-bond donors (Lipinski definition) is 13. The average Bonchev–Trinajstić information content (AvgIpc) is 3.12. The maximum absolute atomic E-state index is 11.1. The van der Waals surface area contributed by atoms with Crippen molar-refractivity contribution in [3.8, 4) is 40.1 Å². The van der Waals surface area contributed by atoms with Crippen LogP contribution in [-0.2, 0) is 18.9 Å². The third-order valence-electron chi connectivity index (χ3n) is 8.94. The van der Waals surface area contributed by atoms with Gasteiger partial charge in [-0.1, -0.05) is 0 Å². The zero-order valence-corrected chi connectivity index (χ0v) is 26.8. The molecule has 2 aromatic carbocycles. The van der Waals surface area contributed by atoms with E-state index in [0.29, 0.717) is 0 Å². The Balaban J connectivity index is 1.44. The number of benzene rings is 2. The molecule has 0 unspecified atom stereocenters. The summed E-state index contributed by atoms with van der Waals surface area (Å²) in [5.74, 6) is -2.30. The number of phenols is 3. The van der Waals surface area contributed by atoms with E-state index >= 15 is 0 Å². The standard InChI is InChI=1S/C32H38O20/c33-7-19-22(40)24(42)27(45)31(50-19)48-17-5-11(35)4-16-12(17)6-18(28(47-16)10-1-2-13(36)14(37)3-10)49-32-29(25(43)23(41)20(8-34)51-32)52-30-26(44)21(39)15(38)9-46-30/h1-6,15,19-27,29-34,38-45H,7-9H2,(H2-,35,36,37)/p+1/t15-,19-,20-,21+,22-,23-,24+,25+,26-,27-,29-,30+,31-,32-/m0/s1. The highest BCUT2D eigenvalue weighted by Gasteiger charge is 2.51. The molecule has 20 heteroatoms. The second-order valence-electron chi connectivity index (χ2n) is 12.5. The van der Waals surface area contributed by atoms with Gasteiger partial charge in [0.1, 0.15) is 77.9 Å². The fourth-order valence-corrected chi connectivity index (χ4v) is 5.99. The van der Waals surface area contributed by atoms with E-state index in [9.17, 15) is 66.4 Å². The Hall–Kier alpha value is -3.71. The van der Waals surface area contributed by atoms with E-state index in [1.807, 2.05) is 0 Å². The van der Waals surface area contributed by atoms with Gasteiger partial charge in [-0.15, -0.1) is 0 Å². The molecule has 52 heavy (non-hydrogen) atoms. The SMILES string of the molecule is OC[C@@H]1O[C@H](Oc2cc(O)cc3[o+]c(-c4ccc(O)c(O)c4)c(O[C@H]4O[C@@H](CO)[C@H](O)[C@@H](O)[C@@H]4O[C@H]4OC[C@H](O)[C@@H](O)[C@@H]4O)cc23)[C@@H](O)[C@H](O)[C@H]1O. The first-order chi connectivity index (χ1) is 24.7. The fourth-order valence-electron chi connectivity index (χ4n) is 5.99. The van der Waals surface area contributed by atoms with Gasteiger partial charge in [0.05, 0.1) is 31.5 Å². The van der Waals surface area contributed by atoms with Crippen LogP contribution in [0.2, 0.25) is 0 Å². The molecule has 14 atom stereocenters. The number of aliphatic hydroxyl groups excluding tert-OH is 10. The topological polar surface area (TPSA) is 330 Å². The second-order valence-corrected chi connectivity index (χ2v) is 12.5. The number of phenolic OH excluding ortho intramolecular Hbond substituents is 3. The van der Waals surface area contributed by atoms with Crippen molar-refractivity contribution in [3.05, 3.63) is 36.4 Å². The minimum Gasteiger partial charge on any atom is -0.507 e. The van der Waals surface area contributed by atoms with Crippen molar-refractivity contribution in [2.45, 2.75) is 86.0 Å². The zero-order chi connectivity index (χ0) is 37.6. The molecule has 3 aliphatic rings. The summed E-state index contributed by atoms with van der Waals surface area (Å²) in [7, 11) is 0. The molecule has 3 saturated heterocycles. The maximum atomic E-state index is 11.1. The average molecular weight is 744 g/mol. The second kappa shape index (κ2) is 15.3. The predicted molar refractivity (Wildman–Crippen MR) is 166 cm³/mol. The lowest BCUT2D eigenvalue weighted by molar-refractivity contribution is -0.344. The van der Waals surface area contributed by atoms with Crippen LogP contribution < -0.4 is 9.47 Å². The largest absolute Gasteiger partial charge is 0.507 e. The van der Waals surface area contributed by atoms with Crippen molar-refractivity contribution in [1.29, 1.82) is 0 Å². The lowest BCUT2D eigenvalue weighted by Gasteiger charge is -2.44. The van der Waals surface area contributed by atoms with Crippen molar-refractivity contribution in [1.82, 2.24) is 0 Å². The maximum Gasteiger partial charge on any atom is 0.402 e. The van der Waals surface area contributed by atoms with E-state index in [1.54, 1.807) is 0 Å². The monoisotopic (exact) mass is 743 g/mol. The first-order valence-corrected chi connectivity index (χ1v) is 16.0. The van der Waals surface area contributed by atoms with Crippen LogP contribution in [0.25, 0.3) is 22.3 Å². The van der Waals surface area contributed by atoms with Gasteiger partial charge in [-0.25, -0.2) is 4.42 Å². The van der Waals surface area contributed by atoms with Gasteiger partial charge in [-0.3, -0.25) is 0 Å². The van der Waals surface area contributed by atoms with E-state index in [1.165, 1.54) is 12.1 Å². The Labute approximate surface area is 292 Å². The van der Waals surface area contributed by atoms with E-state index < -0.39 is 123 Å². The Morgan fingerprint density at radius 3 is 1.94 bits per heavy atom. The molecule has 286 valence electrons. The molecule has 3 fully saturated rings. The van der Waals surface area contributed by atoms with Crippen molar-refractivity contribution >= 4 is 11.0 Å². The molecule has 0 aliphatic carbocycles. The summed E-state index contributed by atoms with van der Waals surface area (Å²) in [5, 5.41) is 134. The van der Waals surface area contributed by atoms with Crippen molar-refractivity contribution in [3.63, 3.8) is 0 Å². The summed E-state index contributed by atoms with van der Waals surface area (Å²) < 4.78 is 40.3. The summed E-state index contributed by atoms with van der Waals surface area (Å²) >= 11 is 0. The van der Waals surface area contributed by atoms with Gasteiger partial charge >= 0.3 is 11.3 Å². The zero-order valence-electron chi connectivity index (χ0n) is 26.8. The van der Waals surface area contributed by atoms with Gasteiger partial charge in [0.15, 0.2) is 23.9 Å². The van der Waals surface area contributed by atoms with Crippen LogP contribution in [0.15, 0.2) is 40.8 Å². The molecule has 3 aliphatic heterocycles. The molecule has 20 nitrogen and oxygen atoms in total. The third kappa shape index (κ3) is 7.27. The summed E-state index contributed by atoms with van der Waals surface area (Å²) in [6, 6.07) is 6.98. The Morgan fingerprint density at radius 2 is 1.27 bits per heavy atom. The smallest absolute Gasteiger partial charge is 0.402 e. The van der Waals surface area contributed by atoms with E-state index in [0.717, 1.165) is 24.3 Å². The van der Waals surface area contributed by atoms with Crippen LogP contribution >= 0.6 is 0 Å². The molecule has 6 rings (SSSR count). The van der Waals surface area contributed by atoms with Gasteiger partial charge in [-0.05, 0) is 12.1 Å². The minimum atomic E-state index is -1.89. The minimum absolute atomic E-state index is 0.0211. The molecule has 0 amide bonds. The number of ether oxygens (including phenoxy) is 6. The molecular formula is C32H39O20+. The van der Waals surface area contributed by atoms with Crippen LogP contribution in [0.4, 0.5) is 0 Å². The summed E-state index contributed by atoms with van der Waals surface area (Å²) in [6.45, 7) is -2.07. The number of aromatic hydroxyl groups is 3. The number of aliphatic hydroxyl groups is 10. The van der Waals surface area contributed by atoms with Gasteiger partial charge in [-0.2, -0.15) is 0 Å². The van der Waals surface area contributed by atoms with Crippen LogP contribution in [0.1, 0.15) is 0 Å². The normalized spacial score (nSPS) is 36.8. The Kier molecular flexibility index (Phi) is 11.2. The van der Waals surface area contributed by atoms with Crippen molar-refractivity contribution in [2.75, 3.05) is 19.8 Å².